The van der Waals surface area contributed by atoms with Gasteiger partial charge in [-0.15, -0.1) is 0 Å². The minimum atomic E-state index is -1.09. The average molecular weight is 300 g/mol. The highest BCUT2D eigenvalue weighted by Gasteiger charge is 2.39. The number of carboxylic acids is 1. The van der Waals surface area contributed by atoms with Crippen molar-refractivity contribution in [1.82, 2.24) is 10.2 Å². The molecule has 7 heteroatoms. The lowest BCUT2D eigenvalue weighted by atomic mass is 9.87. The Morgan fingerprint density at radius 1 is 1.38 bits per heavy atom. The number of nitrogens with zero attached hydrogens (tertiary/aromatic N) is 1. The summed E-state index contributed by atoms with van der Waals surface area (Å²) in [5, 5.41) is 11.7. The number of hydrogen-bond acceptors (Lipinski definition) is 4. The van der Waals surface area contributed by atoms with Crippen molar-refractivity contribution in [3.05, 3.63) is 0 Å². The zero-order valence-electron chi connectivity index (χ0n) is 13.0. The van der Waals surface area contributed by atoms with E-state index >= 15 is 0 Å². The molecule has 120 valence electrons. The monoisotopic (exact) mass is 300 g/mol. The molecule has 2 atom stereocenters. The summed E-state index contributed by atoms with van der Waals surface area (Å²) in [6.07, 6.45) is 1.24. The fourth-order valence-electron chi connectivity index (χ4n) is 2.35. The number of ether oxygens (including phenoxy) is 1. The van der Waals surface area contributed by atoms with Crippen LogP contribution < -0.4 is 5.32 Å². The number of hydrogen-bond donors (Lipinski definition) is 2. The maximum atomic E-state index is 12.3. The number of carbonyl (C=O) groups is 3. The van der Waals surface area contributed by atoms with E-state index < -0.39 is 35.5 Å². The molecule has 1 rings (SSSR count). The molecule has 0 aromatic rings. The Bertz CT molecular complexity index is 416. The summed E-state index contributed by atoms with van der Waals surface area (Å²) in [5.74, 6) is -1.53. The Kier molecular flexibility index (Phi) is 5.57. The molecule has 0 bridgehead atoms. The largest absolute Gasteiger partial charge is 0.480 e. The Hall–Kier alpha value is -1.79. The molecule has 1 saturated heterocycles. The Labute approximate surface area is 124 Å². The second kappa shape index (κ2) is 6.78. The van der Waals surface area contributed by atoms with Gasteiger partial charge in [0.1, 0.15) is 12.1 Å². The predicted octanol–water partition coefficient (Wildman–Crippen LogP) is 1.22. The van der Waals surface area contributed by atoms with Gasteiger partial charge < -0.3 is 20.1 Å². The maximum absolute atomic E-state index is 12.3. The number of urea groups is 1. The topological polar surface area (TPSA) is 95.9 Å². The third-order valence-corrected chi connectivity index (χ3v) is 3.45. The van der Waals surface area contributed by atoms with Crippen molar-refractivity contribution >= 4 is 18.0 Å². The Balaban J connectivity index is 2.77. The third kappa shape index (κ3) is 4.34. The number of likely N-dealkylation sites (tertiary alicyclic amines) is 1. The SMILES string of the molecule is CCOC(=O)C1CCCN1C(=O)N[C@@H](C(=O)O)C(C)(C)C. The van der Waals surface area contributed by atoms with Gasteiger partial charge in [0.05, 0.1) is 6.61 Å². The lowest BCUT2D eigenvalue weighted by molar-refractivity contribution is -0.147. The van der Waals surface area contributed by atoms with E-state index in [4.69, 9.17) is 4.74 Å². The summed E-state index contributed by atoms with van der Waals surface area (Å²) >= 11 is 0. The van der Waals surface area contributed by atoms with Crippen LogP contribution in [0.4, 0.5) is 4.79 Å². The van der Waals surface area contributed by atoms with Crippen molar-refractivity contribution in [2.75, 3.05) is 13.2 Å². The van der Waals surface area contributed by atoms with Crippen LogP contribution in [0.1, 0.15) is 40.5 Å². The summed E-state index contributed by atoms with van der Waals surface area (Å²) in [7, 11) is 0. The van der Waals surface area contributed by atoms with Crippen LogP contribution >= 0.6 is 0 Å². The van der Waals surface area contributed by atoms with Gasteiger partial charge in [0, 0.05) is 6.54 Å². The number of carboxylic acid groups (broad SMARTS) is 1. The molecule has 1 heterocycles. The Morgan fingerprint density at radius 3 is 2.48 bits per heavy atom. The quantitative estimate of drug-likeness (QED) is 0.761. The molecule has 2 amide bonds. The summed E-state index contributed by atoms with van der Waals surface area (Å²) in [6.45, 7) is 7.59. The number of amides is 2. The molecule has 1 aliphatic rings. The van der Waals surface area contributed by atoms with Gasteiger partial charge in [-0.05, 0) is 25.2 Å². The standard InChI is InChI=1S/C14H24N2O5/c1-5-21-12(19)9-7-6-8-16(9)13(20)15-10(11(17)18)14(2,3)4/h9-10H,5-8H2,1-4H3,(H,15,20)(H,17,18)/t9?,10-/m0/s1. The molecule has 0 aromatic heterocycles. The highest BCUT2D eigenvalue weighted by Crippen LogP contribution is 2.22. The second-order valence-electron chi connectivity index (χ2n) is 6.19. The number of rotatable bonds is 4. The van der Waals surface area contributed by atoms with Gasteiger partial charge in [-0.2, -0.15) is 0 Å². The Morgan fingerprint density at radius 2 is 2.00 bits per heavy atom. The van der Waals surface area contributed by atoms with E-state index in [1.165, 1.54) is 4.90 Å². The molecule has 0 aliphatic carbocycles. The van der Waals surface area contributed by atoms with Crippen molar-refractivity contribution in [3.8, 4) is 0 Å². The number of carbonyl (C=O) groups excluding carboxylic acids is 2. The van der Waals surface area contributed by atoms with Crippen LogP contribution in [0.25, 0.3) is 0 Å². The van der Waals surface area contributed by atoms with Gasteiger partial charge in [-0.3, -0.25) is 0 Å². The van der Waals surface area contributed by atoms with Gasteiger partial charge in [-0.25, -0.2) is 14.4 Å². The third-order valence-electron chi connectivity index (χ3n) is 3.45. The first-order valence-electron chi connectivity index (χ1n) is 7.15. The van der Waals surface area contributed by atoms with E-state index in [1.54, 1.807) is 27.7 Å². The molecule has 21 heavy (non-hydrogen) atoms. The first kappa shape index (κ1) is 17.3. The molecule has 0 spiro atoms. The molecule has 1 aliphatic heterocycles. The second-order valence-corrected chi connectivity index (χ2v) is 6.19. The number of aliphatic carboxylic acids is 1. The van der Waals surface area contributed by atoms with E-state index in [9.17, 15) is 19.5 Å². The molecular formula is C14H24N2O5. The number of esters is 1. The van der Waals surface area contributed by atoms with Gasteiger partial charge in [-0.1, -0.05) is 20.8 Å². The van der Waals surface area contributed by atoms with Crippen LogP contribution in [0.3, 0.4) is 0 Å². The van der Waals surface area contributed by atoms with Crippen molar-refractivity contribution in [3.63, 3.8) is 0 Å². The average Bonchev–Trinajstić information content (AvgIpc) is 2.83. The van der Waals surface area contributed by atoms with Crippen molar-refractivity contribution < 1.29 is 24.2 Å². The molecule has 7 nitrogen and oxygen atoms in total. The molecular weight excluding hydrogens is 276 g/mol. The van der Waals surface area contributed by atoms with E-state index in [-0.39, 0.29) is 6.61 Å². The van der Waals surface area contributed by atoms with E-state index in [2.05, 4.69) is 5.32 Å². The van der Waals surface area contributed by atoms with E-state index in [0.29, 0.717) is 19.4 Å². The van der Waals surface area contributed by atoms with Crippen LogP contribution in [-0.4, -0.2) is 53.2 Å². The summed E-state index contributed by atoms with van der Waals surface area (Å²) in [5.41, 5.74) is -0.624. The molecule has 1 unspecified atom stereocenters. The van der Waals surface area contributed by atoms with Crippen molar-refractivity contribution in [2.24, 2.45) is 5.41 Å². The maximum Gasteiger partial charge on any atom is 0.328 e. The van der Waals surface area contributed by atoms with Gasteiger partial charge >= 0.3 is 18.0 Å². The summed E-state index contributed by atoms with van der Waals surface area (Å²) < 4.78 is 4.95. The minimum Gasteiger partial charge on any atom is -0.480 e. The van der Waals surface area contributed by atoms with Crippen LogP contribution in [0.15, 0.2) is 0 Å². The highest BCUT2D eigenvalue weighted by atomic mass is 16.5. The van der Waals surface area contributed by atoms with Gasteiger partial charge in [0.2, 0.25) is 0 Å². The van der Waals surface area contributed by atoms with E-state index in [1.807, 2.05) is 0 Å². The van der Waals surface area contributed by atoms with Crippen molar-refractivity contribution in [2.45, 2.75) is 52.6 Å². The highest BCUT2D eigenvalue weighted by molar-refractivity contribution is 5.87. The first-order chi connectivity index (χ1) is 9.68. The summed E-state index contributed by atoms with van der Waals surface area (Å²) in [6, 6.07) is -2.18. The molecule has 1 fully saturated rings. The van der Waals surface area contributed by atoms with Gasteiger partial charge in [0.25, 0.3) is 0 Å². The van der Waals surface area contributed by atoms with Crippen LogP contribution in [0.2, 0.25) is 0 Å². The molecule has 0 aromatic carbocycles. The molecule has 2 N–H and O–H groups in total. The summed E-state index contributed by atoms with van der Waals surface area (Å²) in [4.78, 5) is 36.7. The zero-order valence-corrected chi connectivity index (χ0v) is 13.0. The lowest BCUT2D eigenvalue weighted by Gasteiger charge is -2.31. The number of nitrogens with one attached hydrogen (secondary N) is 1. The predicted molar refractivity (Wildman–Crippen MR) is 75.8 cm³/mol. The van der Waals surface area contributed by atoms with Crippen LogP contribution in [0.5, 0.6) is 0 Å². The first-order valence-corrected chi connectivity index (χ1v) is 7.15. The fraction of sp³-hybridized carbons (Fsp3) is 0.786. The molecule has 0 saturated carbocycles. The minimum absolute atomic E-state index is 0.254. The molecule has 0 radical (unpaired) electrons. The normalized spacial score (nSPS) is 20.0. The van der Waals surface area contributed by atoms with Crippen molar-refractivity contribution in [1.29, 1.82) is 0 Å². The lowest BCUT2D eigenvalue weighted by Crippen LogP contribution is -2.55. The van der Waals surface area contributed by atoms with E-state index in [0.717, 1.165) is 0 Å². The smallest absolute Gasteiger partial charge is 0.328 e. The fourth-order valence-corrected chi connectivity index (χ4v) is 2.35. The van der Waals surface area contributed by atoms with Crippen LogP contribution in [0, 0.1) is 5.41 Å². The van der Waals surface area contributed by atoms with Crippen LogP contribution in [-0.2, 0) is 14.3 Å². The van der Waals surface area contributed by atoms with Gasteiger partial charge in [0.15, 0.2) is 0 Å². The zero-order chi connectivity index (χ0) is 16.2.